The van der Waals surface area contributed by atoms with Gasteiger partial charge in [0.15, 0.2) is 6.10 Å². The van der Waals surface area contributed by atoms with Crippen molar-refractivity contribution >= 4 is 17.9 Å². The van der Waals surface area contributed by atoms with Gasteiger partial charge in [0.25, 0.3) is 0 Å². The lowest BCUT2D eigenvalue weighted by Gasteiger charge is -2.18. The van der Waals surface area contributed by atoms with Gasteiger partial charge in [-0.2, -0.15) is 0 Å². The van der Waals surface area contributed by atoms with E-state index in [1.54, 1.807) is 0 Å². The molecule has 0 bridgehead atoms. The molecule has 398 valence electrons. The van der Waals surface area contributed by atoms with Crippen LogP contribution in [0.15, 0.2) is 36.5 Å². The zero-order valence-corrected chi connectivity index (χ0v) is 45.6. The van der Waals surface area contributed by atoms with Crippen molar-refractivity contribution in [2.45, 2.75) is 329 Å². The van der Waals surface area contributed by atoms with E-state index in [1.165, 1.54) is 218 Å². The molecule has 0 aromatic rings. The van der Waals surface area contributed by atoms with Crippen molar-refractivity contribution in [3.63, 3.8) is 0 Å². The third kappa shape index (κ3) is 54.6. The van der Waals surface area contributed by atoms with Crippen LogP contribution in [0, 0.1) is 0 Å². The molecule has 6 nitrogen and oxygen atoms in total. The van der Waals surface area contributed by atoms with Crippen LogP contribution in [-0.4, -0.2) is 37.2 Å². The minimum Gasteiger partial charge on any atom is -0.462 e. The van der Waals surface area contributed by atoms with E-state index in [0.717, 1.165) is 64.2 Å². The number of allylic oxidation sites excluding steroid dienone is 6. The quantitative estimate of drug-likeness (QED) is 0.0262. The second kappa shape index (κ2) is 57.2. The van der Waals surface area contributed by atoms with E-state index in [9.17, 15) is 14.4 Å². The Kier molecular flexibility index (Phi) is 55.2. The summed E-state index contributed by atoms with van der Waals surface area (Å²) in [4.78, 5) is 38.2. The van der Waals surface area contributed by atoms with E-state index < -0.39 is 6.10 Å². The third-order valence-electron chi connectivity index (χ3n) is 13.4. The number of hydrogen-bond donors (Lipinski definition) is 0. The van der Waals surface area contributed by atoms with Crippen molar-refractivity contribution in [2.75, 3.05) is 13.2 Å². The zero-order chi connectivity index (χ0) is 49.3. The van der Waals surface area contributed by atoms with Crippen LogP contribution in [0.1, 0.15) is 323 Å². The molecular formula is C62H114O6. The molecule has 0 spiro atoms. The van der Waals surface area contributed by atoms with Gasteiger partial charge in [-0.25, -0.2) is 0 Å². The molecule has 0 aromatic carbocycles. The first-order valence-electron chi connectivity index (χ1n) is 30.0. The highest BCUT2D eigenvalue weighted by molar-refractivity contribution is 5.71. The maximum absolute atomic E-state index is 12.9. The minimum atomic E-state index is -0.773. The van der Waals surface area contributed by atoms with Crippen LogP contribution in [0.2, 0.25) is 0 Å². The Balaban J connectivity index is 4.32. The van der Waals surface area contributed by atoms with Gasteiger partial charge in [-0.3, -0.25) is 14.4 Å². The fourth-order valence-corrected chi connectivity index (χ4v) is 8.82. The first-order valence-corrected chi connectivity index (χ1v) is 30.0. The SMILES string of the molecule is CCCCC/C=C\C/C=C\CCCCCCCCCCCC(=O)OC[C@@H](COC(=O)CCCCCCCCCCCCCC)OC(=O)CCCCCCCCC/C=C\CCCCCCCCCC. The number of carbonyl (C=O) groups is 3. The molecule has 0 amide bonds. The van der Waals surface area contributed by atoms with Crippen molar-refractivity contribution in [3.8, 4) is 0 Å². The van der Waals surface area contributed by atoms with E-state index in [2.05, 4.69) is 57.2 Å². The van der Waals surface area contributed by atoms with Crippen LogP contribution < -0.4 is 0 Å². The topological polar surface area (TPSA) is 78.9 Å². The molecule has 0 rings (SSSR count). The van der Waals surface area contributed by atoms with Gasteiger partial charge >= 0.3 is 17.9 Å². The Bertz CT molecular complexity index is 1140. The van der Waals surface area contributed by atoms with Crippen molar-refractivity contribution in [1.82, 2.24) is 0 Å². The summed E-state index contributed by atoms with van der Waals surface area (Å²) < 4.78 is 16.9. The molecule has 0 saturated heterocycles. The van der Waals surface area contributed by atoms with Crippen LogP contribution in [-0.2, 0) is 28.6 Å². The molecule has 0 aliphatic rings. The zero-order valence-electron chi connectivity index (χ0n) is 45.6. The van der Waals surface area contributed by atoms with Gasteiger partial charge in [-0.15, -0.1) is 0 Å². The molecule has 6 heteroatoms. The first kappa shape index (κ1) is 65.6. The maximum Gasteiger partial charge on any atom is 0.306 e. The summed E-state index contributed by atoms with van der Waals surface area (Å²) in [6.45, 7) is 6.65. The average Bonchev–Trinajstić information content (AvgIpc) is 3.34. The Morgan fingerprint density at radius 2 is 0.529 bits per heavy atom. The van der Waals surface area contributed by atoms with E-state index in [4.69, 9.17) is 14.2 Å². The lowest BCUT2D eigenvalue weighted by molar-refractivity contribution is -0.167. The molecule has 0 fully saturated rings. The lowest BCUT2D eigenvalue weighted by Crippen LogP contribution is -2.30. The maximum atomic E-state index is 12.9. The standard InChI is InChI=1S/C62H114O6/c1-4-7-10-13-16-19-22-25-27-29-31-33-35-37-40-43-46-49-52-55-61(64)67-58-59(57-66-60(63)54-51-48-45-42-39-24-21-18-15-12-9-6-3)68-62(65)56-53-50-47-44-41-38-36-34-32-30-28-26-23-20-17-14-11-8-5-2/h16,19,25,27,30,32,59H,4-15,17-18,20-24,26,28-29,31,33-58H2,1-3H3/b19-16-,27-25-,32-30-/t59-/m1/s1. The van der Waals surface area contributed by atoms with Crippen molar-refractivity contribution in [1.29, 1.82) is 0 Å². The second-order valence-corrected chi connectivity index (χ2v) is 20.3. The monoisotopic (exact) mass is 955 g/mol. The molecule has 0 aromatic heterocycles. The van der Waals surface area contributed by atoms with Gasteiger partial charge in [0, 0.05) is 19.3 Å². The molecular weight excluding hydrogens is 841 g/mol. The molecule has 0 radical (unpaired) electrons. The smallest absolute Gasteiger partial charge is 0.306 e. The molecule has 1 atom stereocenters. The van der Waals surface area contributed by atoms with Gasteiger partial charge in [0.05, 0.1) is 0 Å². The summed E-state index contributed by atoms with van der Waals surface area (Å²) in [6.07, 6.45) is 68.5. The highest BCUT2D eigenvalue weighted by Gasteiger charge is 2.19. The number of rotatable bonds is 55. The van der Waals surface area contributed by atoms with E-state index >= 15 is 0 Å². The average molecular weight is 956 g/mol. The summed E-state index contributed by atoms with van der Waals surface area (Å²) in [7, 11) is 0. The first-order chi connectivity index (χ1) is 33.5. The van der Waals surface area contributed by atoms with Gasteiger partial charge < -0.3 is 14.2 Å². The van der Waals surface area contributed by atoms with Gasteiger partial charge in [-0.1, -0.05) is 263 Å². The van der Waals surface area contributed by atoms with E-state index in [1.807, 2.05) is 0 Å². The molecule has 0 N–H and O–H groups in total. The fourth-order valence-electron chi connectivity index (χ4n) is 8.82. The lowest BCUT2D eigenvalue weighted by atomic mass is 10.0. The van der Waals surface area contributed by atoms with Crippen LogP contribution in [0.4, 0.5) is 0 Å². The van der Waals surface area contributed by atoms with Gasteiger partial charge in [0.1, 0.15) is 13.2 Å². The van der Waals surface area contributed by atoms with Crippen molar-refractivity contribution < 1.29 is 28.6 Å². The molecule has 0 heterocycles. The normalized spacial score (nSPS) is 12.2. The summed E-state index contributed by atoms with van der Waals surface area (Å²) in [5.74, 6) is -0.862. The highest BCUT2D eigenvalue weighted by atomic mass is 16.6. The Morgan fingerprint density at radius 3 is 0.853 bits per heavy atom. The highest BCUT2D eigenvalue weighted by Crippen LogP contribution is 2.16. The third-order valence-corrected chi connectivity index (χ3v) is 13.4. The Hall–Kier alpha value is -2.37. The number of carbonyl (C=O) groups excluding carboxylic acids is 3. The predicted molar refractivity (Wildman–Crippen MR) is 293 cm³/mol. The summed E-state index contributed by atoms with van der Waals surface area (Å²) in [6, 6.07) is 0. The van der Waals surface area contributed by atoms with Crippen LogP contribution in [0.5, 0.6) is 0 Å². The molecule has 0 unspecified atom stereocenters. The van der Waals surface area contributed by atoms with Crippen molar-refractivity contribution in [2.24, 2.45) is 0 Å². The fraction of sp³-hybridized carbons (Fsp3) is 0.855. The summed E-state index contributed by atoms with van der Waals surface area (Å²) in [5, 5.41) is 0. The second-order valence-electron chi connectivity index (χ2n) is 20.3. The Labute approximate surface area is 423 Å². The van der Waals surface area contributed by atoms with E-state index in [0.29, 0.717) is 19.3 Å². The summed E-state index contributed by atoms with van der Waals surface area (Å²) in [5.41, 5.74) is 0. The minimum absolute atomic E-state index is 0.0714. The van der Waals surface area contributed by atoms with Crippen LogP contribution >= 0.6 is 0 Å². The van der Waals surface area contributed by atoms with Crippen molar-refractivity contribution in [3.05, 3.63) is 36.5 Å². The van der Waals surface area contributed by atoms with E-state index in [-0.39, 0.29) is 31.1 Å². The van der Waals surface area contributed by atoms with Crippen LogP contribution in [0.3, 0.4) is 0 Å². The molecule has 0 saturated carbocycles. The molecule has 68 heavy (non-hydrogen) atoms. The summed E-state index contributed by atoms with van der Waals surface area (Å²) >= 11 is 0. The largest absolute Gasteiger partial charge is 0.462 e. The number of esters is 3. The van der Waals surface area contributed by atoms with Gasteiger partial charge in [-0.05, 0) is 77.0 Å². The van der Waals surface area contributed by atoms with Crippen LogP contribution in [0.25, 0.3) is 0 Å². The molecule has 0 aliphatic carbocycles. The molecule has 0 aliphatic heterocycles. The van der Waals surface area contributed by atoms with Gasteiger partial charge in [0.2, 0.25) is 0 Å². The number of ether oxygens (including phenoxy) is 3. The predicted octanol–water partition coefficient (Wildman–Crippen LogP) is 20.0. The number of unbranched alkanes of at least 4 members (excludes halogenated alkanes) is 38. The number of hydrogen-bond acceptors (Lipinski definition) is 6. The Morgan fingerprint density at radius 1 is 0.294 bits per heavy atom.